The number of nitrogens with zero attached hydrogens (tertiary/aromatic N) is 5. The highest BCUT2D eigenvalue weighted by atomic mass is 31.2. The minimum absolute atomic E-state index is 0.0697. The Labute approximate surface area is 482 Å². The number of aliphatic hydroxyl groups is 1. The molecule has 6 aromatic rings. The number of imidazole rings is 1. The van der Waals surface area contributed by atoms with Crippen molar-refractivity contribution in [3.63, 3.8) is 0 Å². The van der Waals surface area contributed by atoms with E-state index >= 15 is 4.79 Å². The molecule has 6 heterocycles. The van der Waals surface area contributed by atoms with Crippen LogP contribution in [0.2, 0.25) is 0 Å². The number of carbonyl (C=O) groups is 8. The number of carbonyl (C=O) groups excluding carboxylic acids is 8. The molecule has 25 heteroatoms. The number of primary amides is 1. The van der Waals surface area contributed by atoms with E-state index in [2.05, 4.69) is 31.2 Å². The first-order valence-corrected chi connectivity index (χ1v) is 29.9. The molecule has 0 aliphatic carbocycles. The Morgan fingerprint density at radius 1 is 0.786 bits per heavy atom. The molecule has 0 saturated carbocycles. The van der Waals surface area contributed by atoms with Crippen LogP contribution < -0.4 is 32.7 Å². The van der Waals surface area contributed by atoms with Crippen LogP contribution in [-0.4, -0.2) is 154 Å². The van der Waals surface area contributed by atoms with Crippen molar-refractivity contribution in [2.24, 2.45) is 12.8 Å². The summed E-state index contributed by atoms with van der Waals surface area (Å²) in [4.78, 5) is 150. The Balaban J connectivity index is 0.842. The fourth-order valence-electron chi connectivity index (χ4n) is 12.4. The van der Waals surface area contributed by atoms with Crippen LogP contribution in [0.3, 0.4) is 0 Å². The summed E-state index contributed by atoms with van der Waals surface area (Å²) >= 11 is 0. The second-order valence-corrected chi connectivity index (χ2v) is 23.7. The molecule has 4 aliphatic rings. The van der Waals surface area contributed by atoms with Gasteiger partial charge in [-0.2, -0.15) is 0 Å². The minimum atomic E-state index is -5.13. The fraction of sp³-hybridized carbons (Fsp3) is 0.407. The van der Waals surface area contributed by atoms with Crippen molar-refractivity contribution in [2.75, 3.05) is 32.7 Å². The van der Waals surface area contributed by atoms with Gasteiger partial charge in [0.15, 0.2) is 0 Å². The summed E-state index contributed by atoms with van der Waals surface area (Å²) in [5.41, 5.74) is 7.82. The lowest BCUT2D eigenvalue weighted by Crippen LogP contribution is -2.62. The summed E-state index contributed by atoms with van der Waals surface area (Å²) in [6, 6.07) is 23.9. The van der Waals surface area contributed by atoms with Crippen LogP contribution in [0.1, 0.15) is 120 Å². The maximum atomic E-state index is 15.1. The van der Waals surface area contributed by atoms with E-state index in [1.165, 1.54) is 29.2 Å². The SMILES string of the molecule is Cn1c(=O)n(C2CCC(=O)NC2O)c2ccc(C3CCN(CCC(=O)N4CC[C@H]5CC[C@@H](C(=O)N[C@@H](CCC(N)=O)C(=O)NC(c6ccccc6)c6ccccc6)N5C(=O)[C@@H](NC(=O)c5cc6cc(C(=O)P(=O)(O)O)ccc6[nH]5)C4)CC3)cc21. The van der Waals surface area contributed by atoms with E-state index < -0.39 is 85.1 Å². The molecule has 4 aliphatic heterocycles. The summed E-state index contributed by atoms with van der Waals surface area (Å²) in [5, 5.41) is 22.1. The molecule has 6 atom stereocenters. The number of H-pyrrole nitrogens is 1. The Morgan fingerprint density at radius 3 is 2.15 bits per heavy atom. The number of amides is 7. The van der Waals surface area contributed by atoms with Gasteiger partial charge in [0, 0.05) is 68.5 Å². The van der Waals surface area contributed by atoms with Crippen LogP contribution in [0.15, 0.2) is 108 Å². The molecule has 0 radical (unpaired) electrons. The summed E-state index contributed by atoms with van der Waals surface area (Å²) < 4.78 is 14.9. The smallest absolute Gasteiger partial charge is 0.372 e. The molecule has 4 saturated heterocycles. The van der Waals surface area contributed by atoms with Gasteiger partial charge in [0.2, 0.25) is 35.4 Å². The van der Waals surface area contributed by atoms with Crippen molar-refractivity contribution >= 4 is 76.4 Å². The summed E-state index contributed by atoms with van der Waals surface area (Å²) in [6.45, 7) is 1.66. The van der Waals surface area contributed by atoms with Crippen molar-refractivity contribution in [2.45, 2.75) is 113 Å². The number of hydrogen-bond donors (Lipinski definition) is 9. The number of nitrogens with one attached hydrogen (secondary N) is 5. The van der Waals surface area contributed by atoms with Gasteiger partial charge in [0.25, 0.3) is 11.4 Å². The summed E-state index contributed by atoms with van der Waals surface area (Å²) in [6.07, 6.45) is 1.40. The number of nitrogens with two attached hydrogens (primary N) is 1. The number of aromatic amines is 1. The fourth-order valence-corrected chi connectivity index (χ4v) is 12.8. The van der Waals surface area contributed by atoms with Gasteiger partial charge in [0.1, 0.15) is 30.0 Å². The molecular weight excluding hydrogens is 1100 g/mol. The Morgan fingerprint density at radius 2 is 1.49 bits per heavy atom. The molecule has 4 fully saturated rings. The molecule has 442 valence electrons. The number of likely N-dealkylation sites (tertiary alicyclic amines) is 1. The zero-order valence-corrected chi connectivity index (χ0v) is 47.1. The van der Waals surface area contributed by atoms with Crippen LogP contribution >= 0.6 is 7.60 Å². The lowest BCUT2D eigenvalue weighted by atomic mass is 9.89. The zero-order valence-electron chi connectivity index (χ0n) is 46.2. The molecule has 4 aromatic carbocycles. The number of aliphatic hydroxyl groups excluding tert-OH is 1. The van der Waals surface area contributed by atoms with Gasteiger partial charge < -0.3 is 61.6 Å². The first-order valence-electron chi connectivity index (χ1n) is 28.3. The third-order valence-electron chi connectivity index (χ3n) is 16.9. The van der Waals surface area contributed by atoms with Crippen LogP contribution in [0.5, 0.6) is 0 Å². The maximum absolute atomic E-state index is 15.1. The normalized spacial score (nSPS) is 21.1. The van der Waals surface area contributed by atoms with Gasteiger partial charge in [-0.15, -0.1) is 0 Å². The minimum Gasteiger partial charge on any atom is -0.372 e. The molecule has 84 heavy (non-hydrogen) atoms. The van der Waals surface area contributed by atoms with Crippen LogP contribution in [0.4, 0.5) is 0 Å². The molecule has 7 amide bonds. The second kappa shape index (κ2) is 24.9. The van der Waals surface area contributed by atoms with E-state index in [1.807, 2.05) is 78.9 Å². The highest BCUT2D eigenvalue weighted by Crippen LogP contribution is 2.40. The van der Waals surface area contributed by atoms with E-state index in [4.69, 9.17) is 5.73 Å². The van der Waals surface area contributed by atoms with Gasteiger partial charge in [-0.05, 0) is 117 Å². The van der Waals surface area contributed by atoms with Crippen molar-refractivity contribution in [3.05, 3.63) is 142 Å². The van der Waals surface area contributed by atoms with Crippen molar-refractivity contribution < 1.29 is 57.8 Å². The van der Waals surface area contributed by atoms with Crippen molar-refractivity contribution in [1.82, 2.24) is 50.1 Å². The molecule has 10 N–H and O–H groups in total. The van der Waals surface area contributed by atoms with Crippen LogP contribution in [0.25, 0.3) is 21.9 Å². The Bertz CT molecular complexity index is 3590. The summed E-state index contributed by atoms with van der Waals surface area (Å²) in [5.74, 6) is -3.75. The number of benzene rings is 4. The largest absolute Gasteiger partial charge is 0.396 e. The van der Waals surface area contributed by atoms with Crippen molar-refractivity contribution in [1.29, 1.82) is 0 Å². The lowest BCUT2D eigenvalue weighted by Gasteiger charge is -2.39. The zero-order chi connectivity index (χ0) is 59.6. The molecule has 0 spiro atoms. The number of aromatic nitrogens is 3. The maximum Gasteiger partial charge on any atom is 0.396 e. The predicted molar refractivity (Wildman–Crippen MR) is 307 cm³/mol. The second-order valence-electron chi connectivity index (χ2n) is 22.3. The molecule has 0 bridgehead atoms. The molecular formula is C59H68N11O13P. The van der Waals surface area contributed by atoms with E-state index in [0.717, 1.165) is 29.5 Å². The van der Waals surface area contributed by atoms with Crippen molar-refractivity contribution in [3.8, 4) is 0 Å². The third kappa shape index (κ3) is 12.8. The predicted octanol–water partition coefficient (Wildman–Crippen LogP) is 2.52. The highest BCUT2D eigenvalue weighted by Gasteiger charge is 2.46. The van der Waals surface area contributed by atoms with E-state index in [0.29, 0.717) is 55.4 Å². The van der Waals surface area contributed by atoms with Gasteiger partial charge in [-0.25, -0.2) is 4.79 Å². The Kier molecular flexibility index (Phi) is 17.5. The van der Waals surface area contributed by atoms with Gasteiger partial charge in [-0.1, -0.05) is 66.7 Å². The topological polar surface area (TPSA) is 341 Å². The number of piperidine rings is 2. The van der Waals surface area contributed by atoms with Gasteiger partial charge in [-0.3, -0.25) is 52.1 Å². The first kappa shape index (κ1) is 58.9. The monoisotopic (exact) mass is 1170 g/mol. The van der Waals surface area contributed by atoms with E-state index in [-0.39, 0.29) is 85.3 Å². The van der Waals surface area contributed by atoms with E-state index in [9.17, 15) is 57.8 Å². The molecule has 2 unspecified atom stereocenters. The average Bonchev–Trinajstić information content (AvgIpc) is 2.53. The average molecular weight is 1170 g/mol. The van der Waals surface area contributed by atoms with Crippen LogP contribution in [-0.2, 0) is 40.4 Å². The molecule has 24 nitrogen and oxygen atoms in total. The highest BCUT2D eigenvalue weighted by molar-refractivity contribution is 7.70. The summed E-state index contributed by atoms with van der Waals surface area (Å²) in [7, 11) is -3.44. The van der Waals surface area contributed by atoms with Crippen LogP contribution in [0, 0.1) is 0 Å². The van der Waals surface area contributed by atoms with Gasteiger partial charge in [0.05, 0.1) is 23.1 Å². The number of hydrogen-bond acceptors (Lipinski definition) is 12. The van der Waals surface area contributed by atoms with Gasteiger partial charge >= 0.3 is 13.3 Å². The standard InChI is InChI=1S/C59H68N11O13P/c1-66-48-32-37(13-17-45(48)70(59(66)80)47-19-21-50(72)64-56(47)77)34-22-26-67(27-23-34)28-25-51(73)68-29-24-40-14-18-46(55(76)62-42(16-20-49(60)71)53(74)65-52(35-8-4-2-5-9-35)36-10-6-3-7-11-36)69(40)57(78)44(33-68)63-54(75)43-31-39-30-38(12-15-41(39)61-43)58(79)84(81,82)83/h2-13,15,17,30-32,34,40,42,44,46-47,52,56,61,77H,14,16,18-29,33H2,1H3,(H2,60,71)(H,62,76)(H,63,75)(H,64,72)(H,65,74)(H2,81,82,83)/t40-,42+,44+,46+,47?,56?/m1/s1. The third-order valence-corrected chi connectivity index (χ3v) is 17.7. The Hall–Kier alpha value is -8.28. The molecule has 2 aromatic heterocycles. The first-order chi connectivity index (χ1) is 40.2. The molecule has 10 rings (SSSR count). The number of fused-ring (bicyclic) bond motifs is 3. The lowest BCUT2D eigenvalue weighted by molar-refractivity contribution is -0.145. The number of aryl methyl sites for hydroxylation is 1. The number of rotatable bonds is 18. The quantitative estimate of drug-likeness (QED) is 0.0559. The van der Waals surface area contributed by atoms with E-state index in [1.54, 1.807) is 21.1 Å².